The molecule has 2 aliphatic rings. The second-order valence-corrected chi connectivity index (χ2v) is 20.8. The van der Waals surface area contributed by atoms with Crippen LogP contribution in [0.2, 0.25) is 0 Å². The number of hydrogen-bond acceptors (Lipinski definition) is 14. The summed E-state index contributed by atoms with van der Waals surface area (Å²) in [6.07, 6.45) is 37.7. The molecule has 0 aliphatic carbocycles. The molecule has 2 fully saturated rings. The van der Waals surface area contributed by atoms with Crippen LogP contribution in [0.4, 0.5) is 0 Å². The van der Waals surface area contributed by atoms with E-state index in [9.17, 15) is 40.5 Å². The summed E-state index contributed by atoms with van der Waals surface area (Å²) in [5, 5.41) is 72.4. The number of aliphatic hydroxyl groups excluding tert-OH is 7. The minimum absolute atomic E-state index is 0.0603. The number of unbranched alkanes of at least 4 members (excludes halogenated alkanes) is 28. The molecule has 0 saturated carbocycles. The van der Waals surface area contributed by atoms with E-state index in [2.05, 4.69) is 50.3 Å². The van der Waals surface area contributed by atoms with E-state index < -0.39 is 80.7 Å². The number of hydrogen-bond donors (Lipinski definition) is 7. The Morgan fingerprint density at radius 1 is 0.452 bits per heavy atom. The number of carbonyl (C=O) groups excluding carboxylic acids is 1. The second-order valence-electron chi connectivity index (χ2n) is 20.8. The number of rotatable bonds is 48. The van der Waals surface area contributed by atoms with Crippen molar-refractivity contribution in [2.24, 2.45) is 0 Å². The third-order valence-electron chi connectivity index (χ3n) is 14.1. The Morgan fingerprint density at radius 2 is 0.849 bits per heavy atom. The first-order valence-electron chi connectivity index (χ1n) is 29.6. The lowest BCUT2D eigenvalue weighted by Crippen LogP contribution is -2.61. The number of esters is 1. The Labute approximate surface area is 442 Å². The highest BCUT2D eigenvalue weighted by Crippen LogP contribution is 2.27. The van der Waals surface area contributed by atoms with Gasteiger partial charge >= 0.3 is 5.97 Å². The van der Waals surface area contributed by atoms with Gasteiger partial charge in [-0.05, 0) is 70.6 Å². The minimum Gasteiger partial charge on any atom is -0.457 e. The predicted octanol–water partition coefficient (Wildman–Crippen LogP) is 10.5. The molecule has 73 heavy (non-hydrogen) atoms. The number of allylic oxidation sites excluding steroid dienone is 6. The van der Waals surface area contributed by atoms with Gasteiger partial charge in [0.1, 0.15) is 54.9 Å². The molecule has 0 aromatic heterocycles. The smallest absolute Gasteiger partial charge is 0.306 e. The quantitative estimate of drug-likeness (QED) is 0.0172. The van der Waals surface area contributed by atoms with E-state index in [0.29, 0.717) is 13.0 Å². The van der Waals surface area contributed by atoms with Crippen molar-refractivity contribution in [3.8, 4) is 0 Å². The topological polar surface area (TPSA) is 214 Å². The van der Waals surface area contributed by atoms with Crippen molar-refractivity contribution < 1.29 is 69.0 Å². The lowest BCUT2D eigenvalue weighted by Gasteiger charge is -2.42. The summed E-state index contributed by atoms with van der Waals surface area (Å²) in [7, 11) is 0. The van der Waals surface area contributed by atoms with Crippen LogP contribution in [0.5, 0.6) is 0 Å². The highest BCUT2D eigenvalue weighted by Gasteiger charge is 2.47. The highest BCUT2D eigenvalue weighted by atomic mass is 16.7. The molecule has 2 saturated heterocycles. The molecular weight excluding hydrogens is 933 g/mol. The van der Waals surface area contributed by atoms with Crippen molar-refractivity contribution in [3.63, 3.8) is 0 Å². The van der Waals surface area contributed by atoms with Gasteiger partial charge in [0, 0.05) is 13.0 Å². The summed E-state index contributed by atoms with van der Waals surface area (Å²) in [4.78, 5) is 13.1. The molecule has 11 atom stereocenters. The van der Waals surface area contributed by atoms with E-state index in [1.54, 1.807) is 0 Å². The zero-order valence-electron chi connectivity index (χ0n) is 45.9. The lowest BCUT2D eigenvalue weighted by atomic mass is 9.98. The molecule has 0 radical (unpaired) electrons. The zero-order chi connectivity index (χ0) is 53.0. The van der Waals surface area contributed by atoms with Gasteiger partial charge in [-0.25, -0.2) is 0 Å². The van der Waals surface area contributed by atoms with Gasteiger partial charge in [0.25, 0.3) is 0 Å². The van der Waals surface area contributed by atoms with Crippen molar-refractivity contribution in [2.75, 3.05) is 33.0 Å². The molecule has 2 aliphatic heterocycles. The van der Waals surface area contributed by atoms with Crippen LogP contribution < -0.4 is 0 Å². The first-order valence-corrected chi connectivity index (χ1v) is 29.6. The maximum Gasteiger partial charge on any atom is 0.306 e. The van der Waals surface area contributed by atoms with Gasteiger partial charge in [-0.1, -0.05) is 192 Å². The molecule has 0 amide bonds. The number of carbonyl (C=O) groups is 1. The fraction of sp³-hybridized carbons (Fsp3) is 0.881. The summed E-state index contributed by atoms with van der Waals surface area (Å²) in [5.41, 5.74) is 0. The predicted molar refractivity (Wildman–Crippen MR) is 289 cm³/mol. The Bertz CT molecular complexity index is 1350. The van der Waals surface area contributed by atoms with Gasteiger partial charge in [-0.3, -0.25) is 4.79 Å². The molecule has 7 N–H and O–H groups in total. The molecule has 11 unspecified atom stereocenters. The molecular formula is C59H108O14. The third kappa shape index (κ3) is 33.2. The van der Waals surface area contributed by atoms with Gasteiger partial charge in [0.15, 0.2) is 12.6 Å². The van der Waals surface area contributed by atoms with Crippen LogP contribution in [0, 0.1) is 0 Å². The van der Waals surface area contributed by atoms with Crippen molar-refractivity contribution in [3.05, 3.63) is 36.5 Å². The van der Waals surface area contributed by atoms with E-state index >= 15 is 0 Å². The molecule has 0 aromatic rings. The first kappa shape index (κ1) is 67.3. The van der Waals surface area contributed by atoms with Gasteiger partial charge in [0.2, 0.25) is 0 Å². The lowest BCUT2D eigenvalue weighted by molar-refractivity contribution is -0.332. The van der Waals surface area contributed by atoms with Crippen molar-refractivity contribution in [1.29, 1.82) is 0 Å². The number of aliphatic hydroxyl groups is 7. The third-order valence-corrected chi connectivity index (χ3v) is 14.1. The Kier molecular flexibility index (Phi) is 42.7. The molecule has 0 aromatic carbocycles. The Hall–Kier alpha value is -1.79. The van der Waals surface area contributed by atoms with Crippen molar-refractivity contribution >= 4 is 5.97 Å². The largest absolute Gasteiger partial charge is 0.457 e. The Balaban J connectivity index is 1.71. The van der Waals surface area contributed by atoms with Crippen LogP contribution in [0.25, 0.3) is 0 Å². The van der Waals surface area contributed by atoms with Crippen LogP contribution in [0.15, 0.2) is 36.5 Å². The molecule has 14 heteroatoms. The van der Waals surface area contributed by atoms with E-state index in [0.717, 1.165) is 44.9 Å². The Morgan fingerprint density at radius 3 is 1.36 bits per heavy atom. The molecule has 0 bridgehead atoms. The standard InChI is InChI=1S/C59H108O14/c1-3-5-7-9-11-13-15-17-19-21-23-25-27-29-31-33-35-37-39-41-43-68-45-48(71-51(61)42-40-38-36-34-32-30-28-26-24-22-20-18-16-14-12-10-8-6-4-2)46-69-58-57(67)55(65)53(63)50(73-58)47-70-59-56(66)54(64)52(62)49(44-60)72-59/h11,13,17-20,48-50,52-60,62-67H,3-10,12,14-16,21-47H2,1-2H3/b13-11-,19-17-,20-18-. The van der Waals surface area contributed by atoms with Gasteiger partial charge in [-0.15, -0.1) is 0 Å². The number of ether oxygens (including phenoxy) is 6. The molecule has 14 nitrogen and oxygen atoms in total. The van der Waals surface area contributed by atoms with Crippen LogP contribution >= 0.6 is 0 Å². The molecule has 2 rings (SSSR count). The van der Waals surface area contributed by atoms with E-state index in [1.165, 1.54) is 161 Å². The van der Waals surface area contributed by atoms with Crippen LogP contribution in [-0.2, 0) is 33.2 Å². The second kappa shape index (κ2) is 46.3. The van der Waals surface area contributed by atoms with Crippen LogP contribution in [0.3, 0.4) is 0 Å². The van der Waals surface area contributed by atoms with Gasteiger partial charge < -0.3 is 64.2 Å². The SMILES string of the molecule is CCCCC/C=C\C/C=C\CCCCCCCCCCCCOCC(COC1OC(COC2OC(CO)C(O)C(O)C2O)C(O)C(O)C1O)OC(=O)CCCCCCCCCCC/C=C\CCCCCCCC. The minimum atomic E-state index is -1.71. The highest BCUT2D eigenvalue weighted by molar-refractivity contribution is 5.69. The normalized spacial score (nSPS) is 25.2. The summed E-state index contributed by atoms with van der Waals surface area (Å²) < 4.78 is 34.4. The fourth-order valence-corrected chi connectivity index (χ4v) is 9.31. The molecule has 428 valence electrons. The van der Waals surface area contributed by atoms with Crippen LogP contribution in [-0.4, -0.2) is 142 Å². The summed E-state index contributed by atoms with van der Waals surface area (Å²) in [6, 6.07) is 0. The summed E-state index contributed by atoms with van der Waals surface area (Å²) in [6.45, 7) is 3.68. The van der Waals surface area contributed by atoms with E-state index in [-0.39, 0.29) is 25.6 Å². The molecule has 2 heterocycles. The van der Waals surface area contributed by atoms with Crippen molar-refractivity contribution in [1.82, 2.24) is 0 Å². The summed E-state index contributed by atoms with van der Waals surface area (Å²) in [5.74, 6) is -0.377. The maximum atomic E-state index is 13.1. The van der Waals surface area contributed by atoms with E-state index in [4.69, 9.17) is 28.4 Å². The fourth-order valence-electron chi connectivity index (χ4n) is 9.31. The average molecular weight is 1040 g/mol. The summed E-state index contributed by atoms with van der Waals surface area (Å²) >= 11 is 0. The monoisotopic (exact) mass is 1040 g/mol. The molecule has 0 spiro atoms. The van der Waals surface area contributed by atoms with Crippen LogP contribution in [0.1, 0.15) is 232 Å². The van der Waals surface area contributed by atoms with Gasteiger partial charge in [-0.2, -0.15) is 0 Å². The zero-order valence-corrected chi connectivity index (χ0v) is 45.9. The average Bonchev–Trinajstić information content (AvgIpc) is 3.39. The van der Waals surface area contributed by atoms with E-state index in [1.807, 2.05) is 0 Å². The van der Waals surface area contributed by atoms with Crippen molar-refractivity contribution in [2.45, 2.75) is 300 Å². The van der Waals surface area contributed by atoms with Gasteiger partial charge in [0.05, 0.1) is 26.4 Å². The first-order chi connectivity index (χ1) is 35.6. The maximum absolute atomic E-state index is 13.1.